The molecule has 0 spiro atoms. The summed E-state index contributed by atoms with van der Waals surface area (Å²) in [5.41, 5.74) is 9.90. The average Bonchev–Trinajstić information content (AvgIpc) is 2.74. The third-order valence-electron chi connectivity index (χ3n) is 3.20. The topological polar surface area (TPSA) is 29.3 Å². The molecule has 0 aromatic heterocycles. The lowest BCUT2D eigenvalue weighted by molar-refractivity contribution is 0.626. The highest BCUT2D eigenvalue weighted by Crippen LogP contribution is 2.34. The SMILES string of the molecule is Nc1ccc2c(c1)CN(c1cc(F)ccc1Br)C2. The smallest absolute Gasteiger partial charge is 0.125 e. The molecule has 1 heterocycles. The lowest BCUT2D eigenvalue weighted by Crippen LogP contribution is -2.15. The molecule has 0 aliphatic carbocycles. The number of anilines is 2. The highest BCUT2D eigenvalue weighted by atomic mass is 79.9. The Hall–Kier alpha value is -1.55. The van der Waals surface area contributed by atoms with Crippen molar-refractivity contribution < 1.29 is 4.39 Å². The summed E-state index contributed by atoms with van der Waals surface area (Å²) in [6, 6.07) is 10.7. The van der Waals surface area contributed by atoms with Gasteiger partial charge in [-0.3, -0.25) is 0 Å². The van der Waals surface area contributed by atoms with E-state index in [-0.39, 0.29) is 5.82 Å². The second-order valence-corrected chi connectivity index (χ2v) is 5.33. The second-order valence-electron chi connectivity index (χ2n) is 4.48. The summed E-state index contributed by atoms with van der Waals surface area (Å²) in [7, 11) is 0. The van der Waals surface area contributed by atoms with Crippen molar-refractivity contribution in [3.63, 3.8) is 0 Å². The molecule has 2 N–H and O–H groups in total. The fraction of sp³-hybridized carbons (Fsp3) is 0.143. The number of rotatable bonds is 1. The van der Waals surface area contributed by atoms with Crippen molar-refractivity contribution in [2.45, 2.75) is 13.1 Å². The predicted molar refractivity (Wildman–Crippen MR) is 74.8 cm³/mol. The van der Waals surface area contributed by atoms with Crippen LogP contribution in [0.15, 0.2) is 40.9 Å². The van der Waals surface area contributed by atoms with Gasteiger partial charge >= 0.3 is 0 Å². The summed E-state index contributed by atoms with van der Waals surface area (Å²) in [6.45, 7) is 1.56. The second kappa shape index (κ2) is 4.28. The van der Waals surface area contributed by atoms with Crippen LogP contribution in [0.2, 0.25) is 0 Å². The molecule has 92 valence electrons. The van der Waals surface area contributed by atoms with Crippen LogP contribution in [0.25, 0.3) is 0 Å². The molecule has 0 bridgehead atoms. The Bertz CT molecular complexity index is 613. The highest BCUT2D eigenvalue weighted by molar-refractivity contribution is 9.10. The molecule has 3 rings (SSSR count). The monoisotopic (exact) mass is 306 g/mol. The molecule has 2 aromatic carbocycles. The average molecular weight is 307 g/mol. The van der Waals surface area contributed by atoms with Gasteiger partial charge in [-0.15, -0.1) is 0 Å². The summed E-state index contributed by atoms with van der Waals surface area (Å²) in [5.74, 6) is -0.219. The molecule has 2 nitrogen and oxygen atoms in total. The number of nitrogens with zero attached hydrogens (tertiary/aromatic N) is 1. The van der Waals surface area contributed by atoms with Gasteiger partial charge in [0.25, 0.3) is 0 Å². The van der Waals surface area contributed by atoms with Crippen molar-refractivity contribution in [1.29, 1.82) is 0 Å². The molecular weight excluding hydrogens is 295 g/mol. The summed E-state index contributed by atoms with van der Waals surface area (Å²) >= 11 is 3.47. The maximum Gasteiger partial charge on any atom is 0.125 e. The van der Waals surface area contributed by atoms with Crippen molar-refractivity contribution in [2.75, 3.05) is 10.6 Å². The molecule has 1 aliphatic rings. The summed E-state index contributed by atoms with van der Waals surface area (Å²) < 4.78 is 14.2. The van der Waals surface area contributed by atoms with Gasteiger partial charge in [-0.2, -0.15) is 0 Å². The molecule has 0 unspecified atom stereocenters. The van der Waals surface area contributed by atoms with Crippen LogP contribution >= 0.6 is 15.9 Å². The van der Waals surface area contributed by atoms with Crippen LogP contribution in [0, 0.1) is 5.82 Å². The zero-order valence-electron chi connectivity index (χ0n) is 9.66. The van der Waals surface area contributed by atoms with E-state index in [2.05, 4.69) is 20.8 Å². The van der Waals surface area contributed by atoms with Gasteiger partial charge in [0.15, 0.2) is 0 Å². The van der Waals surface area contributed by atoms with Gasteiger partial charge in [0.05, 0.1) is 5.69 Å². The van der Waals surface area contributed by atoms with E-state index in [1.54, 1.807) is 12.1 Å². The zero-order valence-corrected chi connectivity index (χ0v) is 11.2. The Balaban J connectivity index is 1.96. The maximum absolute atomic E-state index is 13.3. The standard InChI is InChI=1S/C14H12BrFN2/c15-13-4-2-11(16)6-14(13)18-7-9-1-3-12(17)5-10(9)8-18/h1-6H,7-8,17H2. The number of fused-ring (bicyclic) bond motifs is 1. The van der Waals surface area contributed by atoms with Crippen LogP contribution in [0.5, 0.6) is 0 Å². The van der Waals surface area contributed by atoms with Gasteiger partial charge in [-0.1, -0.05) is 6.07 Å². The number of nitrogen functional groups attached to an aromatic ring is 1. The van der Waals surface area contributed by atoms with Crippen LogP contribution in [0.3, 0.4) is 0 Å². The minimum atomic E-state index is -0.219. The van der Waals surface area contributed by atoms with E-state index in [4.69, 9.17) is 5.73 Å². The van der Waals surface area contributed by atoms with Crippen molar-refractivity contribution in [3.05, 3.63) is 57.8 Å². The Kier molecular flexibility index (Phi) is 2.74. The van der Waals surface area contributed by atoms with E-state index in [0.29, 0.717) is 0 Å². The molecule has 0 saturated heterocycles. The number of nitrogens with two attached hydrogens (primary N) is 1. The number of benzene rings is 2. The van der Waals surface area contributed by atoms with Gasteiger partial charge in [-0.25, -0.2) is 4.39 Å². The maximum atomic E-state index is 13.3. The first kappa shape index (κ1) is 11.5. The van der Waals surface area contributed by atoms with Gasteiger partial charge in [0, 0.05) is 23.2 Å². The lowest BCUT2D eigenvalue weighted by Gasteiger charge is -2.19. The quantitative estimate of drug-likeness (QED) is 0.814. The van der Waals surface area contributed by atoms with Crippen LogP contribution in [0.1, 0.15) is 11.1 Å². The Morgan fingerprint density at radius 3 is 2.67 bits per heavy atom. The number of hydrogen-bond donors (Lipinski definition) is 1. The number of halogens is 2. The molecule has 18 heavy (non-hydrogen) atoms. The summed E-state index contributed by atoms with van der Waals surface area (Å²) in [4.78, 5) is 2.14. The van der Waals surface area contributed by atoms with Gasteiger partial charge < -0.3 is 10.6 Å². The molecule has 0 amide bonds. The minimum Gasteiger partial charge on any atom is -0.399 e. The van der Waals surface area contributed by atoms with E-state index >= 15 is 0 Å². The van der Waals surface area contributed by atoms with E-state index in [9.17, 15) is 4.39 Å². The molecule has 1 aliphatic heterocycles. The normalized spacial score (nSPS) is 13.8. The van der Waals surface area contributed by atoms with E-state index < -0.39 is 0 Å². The van der Waals surface area contributed by atoms with Crippen molar-refractivity contribution >= 4 is 27.3 Å². The lowest BCUT2D eigenvalue weighted by atomic mass is 10.1. The molecule has 4 heteroatoms. The van der Waals surface area contributed by atoms with E-state index in [0.717, 1.165) is 28.9 Å². The molecule has 2 aromatic rings. The van der Waals surface area contributed by atoms with Crippen LogP contribution < -0.4 is 10.6 Å². The summed E-state index contributed by atoms with van der Waals surface area (Å²) in [5, 5.41) is 0. The predicted octanol–water partition coefficient (Wildman–Crippen LogP) is 3.69. The van der Waals surface area contributed by atoms with E-state index in [1.165, 1.54) is 17.2 Å². The van der Waals surface area contributed by atoms with Crippen molar-refractivity contribution in [3.8, 4) is 0 Å². The third kappa shape index (κ3) is 1.97. The molecule has 0 radical (unpaired) electrons. The van der Waals surface area contributed by atoms with Crippen LogP contribution in [-0.4, -0.2) is 0 Å². The summed E-state index contributed by atoms with van der Waals surface area (Å²) in [6.07, 6.45) is 0. The first-order valence-corrected chi connectivity index (χ1v) is 6.50. The Labute approximate surface area is 113 Å². The van der Waals surface area contributed by atoms with Crippen LogP contribution in [0.4, 0.5) is 15.8 Å². The Morgan fingerprint density at radius 2 is 1.83 bits per heavy atom. The van der Waals surface area contributed by atoms with Crippen molar-refractivity contribution in [1.82, 2.24) is 0 Å². The first-order valence-electron chi connectivity index (χ1n) is 5.71. The van der Waals surface area contributed by atoms with E-state index in [1.807, 2.05) is 18.2 Å². The molecule has 0 atom stereocenters. The third-order valence-corrected chi connectivity index (χ3v) is 3.87. The first-order chi connectivity index (χ1) is 8.63. The molecule has 0 fully saturated rings. The zero-order chi connectivity index (χ0) is 12.7. The Morgan fingerprint density at radius 1 is 1.06 bits per heavy atom. The molecule has 0 saturated carbocycles. The highest BCUT2D eigenvalue weighted by Gasteiger charge is 2.21. The largest absolute Gasteiger partial charge is 0.399 e. The minimum absolute atomic E-state index is 0.219. The van der Waals surface area contributed by atoms with Crippen molar-refractivity contribution in [2.24, 2.45) is 0 Å². The fourth-order valence-electron chi connectivity index (χ4n) is 2.31. The van der Waals surface area contributed by atoms with Gasteiger partial charge in [-0.05, 0) is 57.4 Å². The van der Waals surface area contributed by atoms with Gasteiger partial charge in [0.2, 0.25) is 0 Å². The van der Waals surface area contributed by atoms with Crippen LogP contribution in [-0.2, 0) is 13.1 Å². The number of hydrogen-bond acceptors (Lipinski definition) is 2. The van der Waals surface area contributed by atoms with Gasteiger partial charge in [0.1, 0.15) is 5.82 Å². The fourth-order valence-corrected chi connectivity index (χ4v) is 2.81. The molecular formula is C14H12BrFN2.